The fourth-order valence-corrected chi connectivity index (χ4v) is 2.97. The van der Waals surface area contributed by atoms with Crippen LogP contribution in [-0.4, -0.2) is 37.4 Å². The number of rotatable bonds is 7. The molecule has 2 aromatic rings. The van der Waals surface area contributed by atoms with Crippen LogP contribution >= 0.6 is 0 Å². The lowest BCUT2D eigenvalue weighted by Gasteiger charge is -2.08. The number of non-ortho nitro benzene ring substituents is 1. The first-order valence-corrected chi connectivity index (χ1v) is 8.59. The molecule has 0 bridgehead atoms. The number of hydrogen-bond acceptors (Lipinski definition) is 6. The highest BCUT2D eigenvalue weighted by Crippen LogP contribution is 2.15. The molecule has 0 aliphatic carbocycles. The summed E-state index contributed by atoms with van der Waals surface area (Å²) < 4.78 is 26.4. The van der Waals surface area contributed by atoms with E-state index in [4.69, 9.17) is 0 Å². The van der Waals surface area contributed by atoms with Crippen molar-refractivity contribution in [1.29, 1.82) is 0 Å². The average molecular weight is 365 g/mol. The average Bonchev–Trinajstić information content (AvgIpc) is 2.58. The maximum atomic E-state index is 12.0. The number of hydrogen-bond donors (Lipinski definition) is 3. The van der Waals surface area contributed by atoms with Crippen molar-refractivity contribution in [3.8, 4) is 5.75 Å². The van der Waals surface area contributed by atoms with Crippen LogP contribution < -0.4 is 10.0 Å². The van der Waals surface area contributed by atoms with Gasteiger partial charge in [-0.2, -0.15) is 0 Å². The minimum Gasteiger partial charge on any atom is -0.508 e. The molecular weight excluding hydrogens is 350 g/mol. The fraction of sp³-hybridized carbons (Fsp3) is 0.133. The van der Waals surface area contributed by atoms with E-state index in [1.807, 2.05) is 0 Å². The number of aromatic hydroxyl groups is 1. The third kappa shape index (κ3) is 4.99. The first-order chi connectivity index (χ1) is 11.8. The van der Waals surface area contributed by atoms with Gasteiger partial charge in [0.15, 0.2) is 0 Å². The van der Waals surface area contributed by atoms with Crippen LogP contribution in [0, 0.1) is 10.1 Å². The van der Waals surface area contributed by atoms with Crippen molar-refractivity contribution in [2.24, 2.45) is 0 Å². The first kappa shape index (κ1) is 18.4. The van der Waals surface area contributed by atoms with E-state index in [1.54, 1.807) is 0 Å². The molecule has 0 heterocycles. The zero-order chi connectivity index (χ0) is 18.4. The van der Waals surface area contributed by atoms with Gasteiger partial charge in [-0.3, -0.25) is 14.9 Å². The molecule has 9 nitrogen and oxygen atoms in total. The highest BCUT2D eigenvalue weighted by Gasteiger charge is 2.15. The van der Waals surface area contributed by atoms with Gasteiger partial charge in [-0.15, -0.1) is 0 Å². The number of phenolic OH excluding ortho intramolecular Hbond substituents is 1. The van der Waals surface area contributed by atoms with Crippen LogP contribution in [-0.2, 0) is 10.0 Å². The highest BCUT2D eigenvalue weighted by molar-refractivity contribution is 7.89. The molecule has 0 aromatic heterocycles. The predicted octanol–water partition coefficient (Wildman–Crippen LogP) is 1.01. The number of sulfonamides is 1. The maximum Gasteiger partial charge on any atom is 0.269 e. The van der Waals surface area contributed by atoms with Crippen LogP contribution in [0.1, 0.15) is 10.4 Å². The monoisotopic (exact) mass is 365 g/mol. The van der Waals surface area contributed by atoms with E-state index in [0.29, 0.717) is 0 Å². The minimum atomic E-state index is -3.84. The van der Waals surface area contributed by atoms with Crippen molar-refractivity contribution < 1.29 is 23.2 Å². The van der Waals surface area contributed by atoms with Crippen LogP contribution in [0.5, 0.6) is 5.75 Å². The Kier molecular flexibility index (Phi) is 5.67. The Balaban J connectivity index is 1.88. The number of phenols is 1. The summed E-state index contributed by atoms with van der Waals surface area (Å²) in [5.74, 6) is -0.503. The summed E-state index contributed by atoms with van der Waals surface area (Å²) >= 11 is 0. The first-order valence-electron chi connectivity index (χ1n) is 7.11. The van der Waals surface area contributed by atoms with Crippen molar-refractivity contribution in [2.45, 2.75) is 4.90 Å². The number of benzene rings is 2. The molecule has 0 saturated heterocycles. The minimum absolute atomic E-state index is 0.0285. The molecule has 0 spiro atoms. The maximum absolute atomic E-state index is 12.0. The Morgan fingerprint density at radius 2 is 1.80 bits per heavy atom. The third-order valence-corrected chi connectivity index (χ3v) is 4.65. The van der Waals surface area contributed by atoms with Gasteiger partial charge >= 0.3 is 0 Å². The molecule has 10 heteroatoms. The number of nitro benzene ring substituents is 1. The smallest absolute Gasteiger partial charge is 0.269 e. The molecule has 132 valence electrons. The molecule has 1 amide bonds. The number of nitrogens with zero attached hydrogens (tertiary/aromatic N) is 1. The largest absolute Gasteiger partial charge is 0.508 e. The van der Waals surface area contributed by atoms with Gasteiger partial charge in [-0.1, -0.05) is 6.07 Å². The van der Waals surface area contributed by atoms with Crippen LogP contribution in [0.4, 0.5) is 5.69 Å². The summed E-state index contributed by atoms with van der Waals surface area (Å²) in [6.45, 7) is -0.0371. The number of carbonyl (C=O) groups is 1. The Hall–Kier alpha value is -2.98. The zero-order valence-electron chi connectivity index (χ0n) is 12.9. The third-order valence-electron chi connectivity index (χ3n) is 3.17. The predicted molar refractivity (Wildman–Crippen MR) is 88.7 cm³/mol. The van der Waals surface area contributed by atoms with Crippen LogP contribution in [0.15, 0.2) is 53.4 Å². The van der Waals surface area contributed by atoms with E-state index in [9.17, 15) is 28.4 Å². The number of carbonyl (C=O) groups excluding carboxylic acids is 1. The second kappa shape index (κ2) is 7.73. The Morgan fingerprint density at radius 3 is 2.40 bits per heavy atom. The van der Waals surface area contributed by atoms with E-state index in [1.165, 1.54) is 24.3 Å². The van der Waals surface area contributed by atoms with Crippen LogP contribution in [0.25, 0.3) is 0 Å². The van der Waals surface area contributed by atoms with E-state index in [0.717, 1.165) is 24.3 Å². The fourth-order valence-electron chi connectivity index (χ4n) is 1.94. The van der Waals surface area contributed by atoms with Crippen LogP contribution in [0.2, 0.25) is 0 Å². The lowest BCUT2D eigenvalue weighted by atomic mass is 10.2. The van der Waals surface area contributed by atoms with Crippen molar-refractivity contribution >= 4 is 21.6 Å². The Morgan fingerprint density at radius 1 is 1.12 bits per heavy atom. The van der Waals surface area contributed by atoms with Crippen molar-refractivity contribution in [2.75, 3.05) is 13.1 Å². The lowest BCUT2D eigenvalue weighted by Crippen LogP contribution is -2.34. The molecule has 3 N–H and O–H groups in total. The van der Waals surface area contributed by atoms with Gasteiger partial charge < -0.3 is 10.4 Å². The van der Waals surface area contributed by atoms with Crippen molar-refractivity contribution in [3.05, 3.63) is 64.2 Å². The molecule has 2 rings (SSSR count). The standard InChI is InChI=1S/C15H15N3O6S/c19-13-3-1-2-11(10-13)15(20)16-8-9-17-25(23,24)14-6-4-12(5-7-14)18(21)22/h1-7,10,17,19H,8-9H2,(H,16,20). The lowest BCUT2D eigenvalue weighted by molar-refractivity contribution is -0.384. The van der Waals surface area contributed by atoms with Crippen molar-refractivity contribution in [1.82, 2.24) is 10.0 Å². The molecule has 0 unspecified atom stereocenters. The van der Waals surface area contributed by atoms with Gasteiger partial charge in [0.1, 0.15) is 5.75 Å². The molecule has 0 aliphatic heterocycles. The van der Waals surface area contributed by atoms with E-state index in [2.05, 4.69) is 10.0 Å². The normalized spacial score (nSPS) is 11.0. The molecule has 0 atom stereocenters. The summed E-state index contributed by atoms with van der Waals surface area (Å²) in [5.41, 5.74) is 0.0375. The van der Waals surface area contributed by atoms with Gasteiger partial charge in [-0.05, 0) is 30.3 Å². The quantitative estimate of drug-likeness (QED) is 0.380. The molecule has 2 aromatic carbocycles. The molecule has 25 heavy (non-hydrogen) atoms. The van der Waals surface area contributed by atoms with E-state index >= 15 is 0 Å². The highest BCUT2D eigenvalue weighted by atomic mass is 32.2. The van der Waals surface area contributed by atoms with E-state index in [-0.39, 0.29) is 35.0 Å². The summed E-state index contributed by atoms with van der Waals surface area (Å²) in [6, 6.07) is 10.2. The van der Waals surface area contributed by atoms with Crippen molar-refractivity contribution in [3.63, 3.8) is 0 Å². The van der Waals surface area contributed by atoms with Gasteiger partial charge in [0.05, 0.1) is 9.82 Å². The molecule has 0 saturated carbocycles. The summed E-state index contributed by atoms with van der Waals surface area (Å²) in [5, 5.41) is 22.4. The Bertz CT molecular complexity index is 880. The molecular formula is C15H15N3O6S. The number of nitro groups is 1. The van der Waals surface area contributed by atoms with Gasteiger partial charge in [0.2, 0.25) is 10.0 Å². The Labute approximate surface area is 143 Å². The topological polar surface area (TPSA) is 139 Å². The summed E-state index contributed by atoms with van der Waals surface area (Å²) in [4.78, 5) is 21.7. The van der Waals surface area contributed by atoms with Gasteiger partial charge in [-0.25, -0.2) is 13.1 Å². The number of nitrogens with one attached hydrogen (secondary N) is 2. The molecule has 0 radical (unpaired) electrons. The SMILES string of the molecule is O=C(NCCNS(=O)(=O)c1ccc([N+](=O)[O-])cc1)c1cccc(O)c1. The second-order valence-corrected chi connectivity index (χ2v) is 6.72. The number of amides is 1. The zero-order valence-corrected chi connectivity index (χ0v) is 13.7. The molecule has 0 fully saturated rings. The van der Waals surface area contributed by atoms with Gasteiger partial charge in [0.25, 0.3) is 11.6 Å². The molecule has 0 aliphatic rings. The summed E-state index contributed by atoms with van der Waals surface area (Å²) in [6.07, 6.45) is 0. The van der Waals surface area contributed by atoms with Gasteiger partial charge in [0, 0.05) is 30.8 Å². The second-order valence-electron chi connectivity index (χ2n) is 4.96. The van der Waals surface area contributed by atoms with E-state index < -0.39 is 20.9 Å². The summed E-state index contributed by atoms with van der Waals surface area (Å²) in [7, 11) is -3.84. The van der Waals surface area contributed by atoms with Crippen LogP contribution in [0.3, 0.4) is 0 Å².